The number of pyridine rings is 1. The first-order valence-corrected chi connectivity index (χ1v) is 12.6. The van der Waals surface area contributed by atoms with E-state index in [9.17, 15) is 0 Å². The third-order valence-corrected chi connectivity index (χ3v) is 7.33. The largest absolute Gasteiger partial charge is 0.379 e. The standard InChI is InChI=1S/C27H33N5OS/c1-20-19-23(21(2)32(20)22-9-4-3-5-10-22)26-25(24-11-6-7-12-28-24)29-27(34)31(26)14-8-13-30-15-17-33-18-16-30/h3-7,9-12,19,25-26H,8,13-18H2,1-2H3,(H,29,34)/t25-,26-/m1/s1. The lowest BCUT2D eigenvalue weighted by molar-refractivity contribution is 0.0365. The van der Waals surface area contributed by atoms with Crippen molar-refractivity contribution >= 4 is 17.3 Å². The van der Waals surface area contributed by atoms with E-state index in [1.165, 1.54) is 22.6 Å². The van der Waals surface area contributed by atoms with E-state index < -0.39 is 0 Å². The number of hydrogen-bond acceptors (Lipinski definition) is 4. The SMILES string of the molecule is Cc1cc([C@@H]2[C@@H](c3ccccn3)NC(=S)N2CCCN2CCOCC2)c(C)n1-c1ccccc1. The monoisotopic (exact) mass is 475 g/mol. The number of para-hydroxylation sites is 1. The van der Waals surface area contributed by atoms with E-state index in [4.69, 9.17) is 21.9 Å². The van der Waals surface area contributed by atoms with Gasteiger partial charge in [-0.1, -0.05) is 24.3 Å². The molecule has 2 aromatic heterocycles. The van der Waals surface area contributed by atoms with Crippen LogP contribution in [0.2, 0.25) is 0 Å². The number of thiocarbonyl (C=S) groups is 1. The Hall–Kier alpha value is -2.74. The molecule has 1 aromatic carbocycles. The molecular weight excluding hydrogens is 442 g/mol. The maximum Gasteiger partial charge on any atom is 0.170 e. The van der Waals surface area contributed by atoms with E-state index in [1.54, 1.807) is 0 Å². The van der Waals surface area contributed by atoms with Crippen molar-refractivity contribution in [1.82, 2.24) is 24.7 Å². The molecule has 4 heterocycles. The molecule has 0 spiro atoms. The molecule has 0 bridgehead atoms. The molecular formula is C27H33N5OS. The van der Waals surface area contributed by atoms with Crippen LogP contribution in [-0.2, 0) is 4.74 Å². The summed E-state index contributed by atoms with van der Waals surface area (Å²) in [5, 5.41) is 4.42. The molecule has 2 saturated heterocycles. The van der Waals surface area contributed by atoms with Gasteiger partial charge in [-0.25, -0.2) is 0 Å². The van der Waals surface area contributed by atoms with Crippen molar-refractivity contribution in [3.8, 4) is 5.69 Å². The fourth-order valence-corrected chi connectivity index (χ4v) is 5.67. The minimum absolute atomic E-state index is 0.0156. The molecule has 1 N–H and O–H groups in total. The number of ether oxygens (including phenoxy) is 1. The Labute approximate surface area is 207 Å². The fourth-order valence-electron chi connectivity index (χ4n) is 5.34. The third-order valence-electron chi connectivity index (χ3n) is 6.98. The van der Waals surface area contributed by atoms with Crippen LogP contribution in [0.4, 0.5) is 0 Å². The Morgan fingerprint density at radius 1 is 1.03 bits per heavy atom. The summed E-state index contributed by atoms with van der Waals surface area (Å²) in [4.78, 5) is 9.57. The zero-order chi connectivity index (χ0) is 23.5. The Balaban J connectivity index is 1.46. The molecule has 7 heteroatoms. The Morgan fingerprint density at radius 2 is 1.79 bits per heavy atom. The van der Waals surface area contributed by atoms with Gasteiger partial charge in [0.25, 0.3) is 0 Å². The molecule has 2 fully saturated rings. The van der Waals surface area contributed by atoms with Gasteiger partial charge in [-0.2, -0.15) is 0 Å². The molecule has 5 rings (SSSR count). The molecule has 0 amide bonds. The van der Waals surface area contributed by atoms with Crippen LogP contribution < -0.4 is 5.32 Å². The predicted octanol–water partition coefficient (Wildman–Crippen LogP) is 4.18. The van der Waals surface area contributed by atoms with E-state index >= 15 is 0 Å². The van der Waals surface area contributed by atoms with Gasteiger partial charge in [0, 0.05) is 49.5 Å². The minimum Gasteiger partial charge on any atom is -0.379 e. The molecule has 178 valence electrons. The molecule has 6 nitrogen and oxygen atoms in total. The van der Waals surface area contributed by atoms with Gasteiger partial charge < -0.3 is 19.5 Å². The molecule has 2 aliphatic heterocycles. The number of aromatic nitrogens is 2. The number of morpholine rings is 1. The lowest BCUT2D eigenvalue weighted by atomic mass is 9.96. The highest BCUT2D eigenvalue weighted by Gasteiger charge is 2.41. The molecule has 2 atom stereocenters. The van der Waals surface area contributed by atoms with Gasteiger partial charge in [-0.05, 0) is 68.4 Å². The maximum absolute atomic E-state index is 5.89. The van der Waals surface area contributed by atoms with Gasteiger partial charge in [0.2, 0.25) is 0 Å². The summed E-state index contributed by atoms with van der Waals surface area (Å²) in [6, 6.07) is 19.1. The normalized spacial score (nSPS) is 21.1. The first-order valence-electron chi connectivity index (χ1n) is 12.2. The fraction of sp³-hybridized carbons (Fsp3) is 0.407. The second-order valence-electron chi connectivity index (χ2n) is 9.12. The van der Waals surface area contributed by atoms with Crippen molar-refractivity contribution in [2.45, 2.75) is 32.4 Å². The Bertz CT molecular complexity index is 1110. The number of benzene rings is 1. The van der Waals surface area contributed by atoms with Crippen LogP contribution in [0.25, 0.3) is 5.69 Å². The lowest BCUT2D eigenvalue weighted by Gasteiger charge is -2.30. The average molecular weight is 476 g/mol. The summed E-state index contributed by atoms with van der Waals surface area (Å²) in [5.41, 5.74) is 5.99. The number of nitrogens with zero attached hydrogens (tertiary/aromatic N) is 4. The van der Waals surface area contributed by atoms with Crippen LogP contribution in [-0.4, -0.2) is 63.9 Å². The average Bonchev–Trinajstić information content (AvgIpc) is 3.35. The summed E-state index contributed by atoms with van der Waals surface area (Å²) >= 11 is 5.89. The summed E-state index contributed by atoms with van der Waals surface area (Å²) in [6.45, 7) is 10.1. The predicted molar refractivity (Wildman–Crippen MR) is 139 cm³/mol. The van der Waals surface area contributed by atoms with Crippen molar-refractivity contribution < 1.29 is 4.74 Å². The second-order valence-corrected chi connectivity index (χ2v) is 9.51. The van der Waals surface area contributed by atoms with E-state index in [0.717, 1.165) is 56.6 Å². The summed E-state index contributed by atoms with van der Waals surface area (Å²) in [7, 11) is 0. The molecule has 3 aromatic rings. The Kier molecular flexibility index (Phi) is 6.94. The van der Waals surface area contributed by atoms with Crippen molar-refractivity contribution in [2.24, 2.45) is 0 Å². The van der Waals surface area contributed by atoms with Crippen LogP contribution in [0, 0.1) is 13.8 Å². The van der Waals surface area contributed by atoms with Gasteiger partial charge >= 0.3 is 0 Å². The van der Waals surface area contributed by atoms with Gasteiger partial charge in [-0.3, -0.25) is 9.88 Å². The van der Waals surface area contributed by atoms with Crippen molar-refractivity contribution in [3.05, 3.63) is 83.4 Å². The van der Waals surface area contributed by atoms with Gasteiger partial charge in [-0.15, -0.1) is 0 Å². The van der Waals surface area contributed by atoms with Crippen LogP contribution in [0.1, 0.15) is 41.1 Å². The van der Waals surface area contributed by atoms with E-state index in [0.29, 0.717) is 0 Å². The zero-order valence-electron chi connectivity index (χ0n) is 20.0. The van der Waals surface area contributed by atoms with Gasteiger partial charge in [0.15, 0.2) is 5.11 Å². The van der Waals surface area contributed by atoms with Crippen molar-refractivity contribution in [3.63, 3.8) is 0 Å². The summed E-state index contributed by atoms with van der Waals surface area (Å²) in [5.74, 6) is 0. The smallest absolute Gasteiger partial charge is 0.170 e. The molecule has 0 unspecified atom stereocenters. The lowest BCUT2D eigenvalue weighted by Crippen LogP contribution is -2.39. The number of hydrogen-bond donors (Lipinski definition) is 1. The van der Waals surface area contributed by atoms with E-state index in [2.05, 4.69) is 82.1 Å². The van der Waals surface area contributed by atoms with Gasteiger partial charge in [0.05, 0.1) is 31.0 Å². The third kappa shape index (κ3) is 4.60. The highest BCUT2D eigenvalue weighted by Crippen LogP contribution is 2.41. The second kappa shape index (κ2) is 10.3. The quantitative estimate of drug-likeness (QED) is 0.517. The number of nitrogens with one attached hydrogen (secondary N) is 1. The maximum atomic E-state index is 5.89. The Morgan fingerprint density at radius 3 is 2.53 bits per heavy atom. The molecule has 2 aliphatic rings. The van der Waals surface area contributed by atoms with Crippen LogP contribution in [0.15, 0.2) is 60.8 Å². The summed E-state index contributed by atoms with van der Waals surface area (Å²) in [6.07, 6.45) is 2.93. The zero-order valence-corrected chi connectivity index (χ0v) is 20.8. The molecule has 34 heavy (non-hydrogen) atoms. The van der Waals surface area contributed by atoms with Crippen molar-refractivity contribution in [2.75, 3.05) is 39.4 Å². The first-order chi connectivity index (χ1) is 16.6. The van der Waals surface area contributed by atoms with Gasteiger partial charge in [0.1, 0.15) is 0 Å². The van der Waals surface area contributed by atoms with Crippen LogP contribution >= 0.6 is 12.2 Å². The van der Waals surface area contributed by atoms with E-state index in [-0.39, 0.29) is 12.1 Å². The minimum atomic E-state index is 0.0156. The number of aryl methyl sites for hydroxylation is 1. The highest BCUT2D eigenvalue weighted by molar-refractivity contribution is 7.80. The van der Waals surface area contributed by atoms with Crippen LogP contribution in [0.3, 0.4) is 0 Å². The van der Waals surface area contributed by atoms with E-state index in [1.807, 2.05) is 12.3 Å². The summed E-state index contributed by atoms with van der Waals surface area (Å²) < 4.78 is 7.85. The first kappa shape index (κ1) is 23.0. The topological polar surface area (TPSA) is 45.6 Å². The number of rotatable bonds is 7. The molecule has 0 saturated carbocycles. The highest BCUT2D eigenvalue weighted by atomic mass is 32.1. The molecule has 0 radical (unpaired) electrons. The van der Waals surface area contributed by atoms with Crippen LogP contribution in [0.5, 0.6) is 0 Å². The van der Waals surface area contributed by atoms with Crippen molar-refractivity contribution in [1.29, 1.82) is 0 Å². The molecule has 0 aliphatic carbocycles.